The van der Waals surface area contributed by atoms with Gasteiger partial charge in [0.1, 0.15) is 0 Å². The minimum Gasteiger partial charge on any atom is -0.310 e. The lowest BCUT2D eigenvalue weighted by atomic mass is 9.59. The molecule has 0 fully saturated rings. The summed E-state index contributed by atoms with van der Waals surface area (Å²) in [6, 6.07) is 81.7. The number of fused-ring (bicyclic) bond motifs is 14. The van der Waals surface area contributed by atoms with E-state index in [-0.39, 0.29) is 0 Å². The lowest BCUT2D eigenvalue weighted by Crippen LogP contribution is -2.36. The highest BCUT2D eigenvalue weighted by molar-refractivity contribution is 7.99. The van der Waals surface area contributed by atoms with Gasteiger partial charge in [0, 0.05) is 63.5 Å². The van der Waals surface area contributed by atoms with E-state index in [2.05, 4.69) is 228 Å². The Balaban J connectivity index is 1.01. The predicted octanol–water partition coefficient (Wildman–Crippen LogP) is 16.6. The third-order valence-electron chi connectivity index (χ3n) is 13.6. The van der Waals surface area contributed by atoms with E-state index in [1.807, 2.05) is 23.1 Å². The molecule has 3 heterocycles. The summed E-state index contributed by atoms with van der Waals surface area (Å²) in [6.07, 6.45) is 0. The van der Waals surface area contributed by atoms with Gasteiger partial charge in [0.2, 0.25) is 0 Å². The van der Waals surface area contributed by atoms with Crippen molar-refractivity contribution in [1.82, 2.24) is 4.57 Å². The van der Waals surface area contributed by atoms with Crippen molar-refractivity contribution in [3.63, 3.8) is 0 Å². The molecule has 0 radical (unpaired) electrons. The lowest BCUT2D eigenvalue weighted by Gasteiger charge is -2.46. The van der Waals surface area contributed by atoms with Crippen LogP contribution in [0.15, 0.2) is 228 Å². The highest BCUT2D eigenvalue weighted by Crippen LogP contribution is 2.62. The van der Waals surface area contributed by atoms with Crippen molar-refractivity contribution in [2.75, 3.05) is 4.90 Å². The van der Waals surface area contributed by atoms with Crippen molar-refractivity contribution in [1.29, 1.82) is 0 Å². The lowest BCUT2D eigenvalue weighted by molar-refractivity contribution is 0.707. The molecule has 0 saturated carbocycles. The van der Waals surface area contributed by atoms with Crippen LogP contribution in [0.1, 0.15) is 22.3 Å². The van der Waals surface area contributed by atoms with E-state index in [9.17, 15) is 0 Å². The Morgan fingerprint density at radius 1 is 0.381 bits per heavy atom. The van der Waals surface area contributed by atoms with Crippen molar-refractivity contribution >= 4 is 92.9 Å². The van der Waals surface area contributed by atoms with Gasteiger partial charge in [0.15, 0.2) is 0 Å². The van der Waals surface area contributed by atoms with Crippen LogP contribution in [0, 0.1) is 0 Å². The number of hydrogen-bond acceptors (Lipinski definition) is 3. The molecule has 0 saturated heterocycles. The van der Waals surface area contributed by atoms with Gasteiger partial charge in [0.25, 0.3) is 0 Å². The van der Waals surface area contributed by atoms with E-state index >= 15 is 0 Å². The SMILES string of the molecule is c1ccc(N(c2ccc3c(c2)C2(c4ccccc4S3)c3ccccc3-c3cccc4cccc2c34)c2ccc3c(c2)c2ccccc2n3-c2ccc3sc4ccccc4c3c2)cc1. The number of rotatable bonds is 4. The summed E-state index contributed by atoms with van der Waals surface area (Å²) >= 11 is 3.76. The average molecular weight is 837 g/mol. The maximum Gasteiger partial charge on any atom is 0.0736 e. The number of anilines is 3. The minimum absolute atomic E-state index is 0.535. The molecule has 2 nitrogen and oxygen atoms in total. The second kappa shape index (κ2) is 13.3. The van der Waals surface area contributed by atoms with Gasteiger partial charge in [-0.3, -0.25) is 0 Å². The molecular formula is C59H36N2S2. The van der Waals surface area contributed by atoms with Crippen molar-refractivity contribution in [2.45, 2.75) is 15.2 Å². The van der Waals surface area contributed by atoms with E-state index in [0.717, 1.165) is 17.1 Å². The molecule has 294 valence electrons. The number of thiophene rings is 1. The van der Waals surface area contributed by atoms with Gasteiger partial charge in [-0.15, -0.1) is 11.3 Å². The average Bonchev–Trinajstić information content (AvgIpc) is 3.88. The minimum atomic E-state index is -0.535. The molecule has 1 atom stereocenters. The molecule has 14 rings (SSSR count). The third kappa shape index (κ3) is 4.91. The Labute approximate surface area is 372 Å². The van der Waals surface area contributed by atoms with E-state index in [4.69, 9.17) is 0 Å². The Hall–Kier alpha value is -7.37. The first kappa shape index (κ1) is 35.2. The largest absolute Gasteiger partial charge is 0.310 e. The summed E-state index contributed by atoms with van der Waals surface area (Å²) < 4.78 is 5.08. The van der Waals surface area contributed by atoms with Crippen LogP contribution in [0.3, 0.4) is 0 Å². The molecule has 2 aromatic heterocycles. The van der Waals surface area contributed by atoms with Crippen LogP contribution >= 0.6 is 23.1 Å². The number of nitrogens with zero attached hydrogens (tertiary/aromatic N) is 2. The van der Waals surface area contributed by atoms with Crippen molar-refractivity contribution in [3.8, 4) is 16.8 Å². The molecule has 0 N–H and O–H groups in total. The second-order valence-corrected chi connectivity index (χ2v) is 19.0. The number of benzene rings is 10. The zero-order valence-electron chi connectivity index (χ0n) is 34.0. The Morgan fingerprint density at radius 2 is 1.05 bits per heavy atom. The summed E-state index contributed by atoms with van der Waals surface area (Å²) in [4.78, 5) is 5.04. The maximum absolute atomic E-state index is 2.50. The van der Waals surface area contributed by atoms with Gasteiger partial charge in [-0.05, 0) is 129 Å². The molecule has 10 aromatic carbocycles. The highest BCUT2D eigenvalue weighted by Gasteiger charge is 2.48. The topological polar surface area (TPSA) is 8.17 Å². The quantitative estimate of drug-likeness (QED) is 0.174. The highest BCUT2D eigenvalue weighted by atomic mass is 32.2. The van der Waals surface area contributed by atoms with Gasteiger partial charge >= 0.3 is 0 Å². The molecule has 2 aliphatic rings. The Morgan fingerprint density at radius 3 is 1.97 bits per heavy atom. The van der Waals surface area contributed by atoms with Crippen molar-refractivity contribution in [3.05, 3.63) is 241 Å². The van der Waals surface area contributed by atoms with Crippen LogP contribution in [-0.2, 0) is 5.41 Å². The Kier molecular flexibility index (Phi) is 7.45. The fourth-order valence-corrected chi connectivity index (χ4v) is 13.3. The van der Waals surface area contributed by atoms with Crippen molar-refractivity contribution < 1.29 is 0 Å². The molecule has 4 heteroatoms. The smallest absolute Gasteiger partial charge is 0.0736 e. The molecule has 1 spiro atoms. The second-order valence-electron chi connectivity index (χ2n) is 16.8. The van der Waals surface area contributed by atoms with E-state index in [1.165, 1.54) is 102 Å². The summed E-state index contributed by atoms with van der Waals surface area (Å²) in [6.45, 7) is 0. The molecular weight excluding hydrogens is 801 g/mol. The van der Waals surface area contributed by atoms with Crippen LogP contribution in [0.4, 0.5) is 17.1 Å². The molecule has 1 aliphatic carbocycles. The van der Waals surface area contributed by atoms with Crippen molar-refractivity contribution in [2.24, 2.45) is 0 Å². The molecule has 12 aromatic rings. The van der Waals surface area contributed by atoms with Crippen LogP contribution in [0.25, 0.3) is 69.6 Å². The first-order valence-electron chi connectivity index (χ1n) is 21.6. The first-order valence-corrected chi connectivity index (χ1v) is 23.2. The zero-order valence-corrected chi connectivity index (χ0v) is 35.6. The predicted molar refractivity (Wildman–Crippen MR) is 267 cm³/mol. The summed E-state index contributed by atoms with van der Waals surface area (Å²) in [7, 11) is 0. The summed E-state index contributed by atoms with van der Waals surface area (Å²) in [5.74, 6) is 0. The number of hydrogen-bond donors (Lipinski definition) is 0. The molecule has 1 unspecified atom stereocenters. The number of para-hydroxylation sites is 2. The molecule has 0 amide bonds. The van der Waals surface area contributed by atoms with E-state index in [0.29, 0.717) is 0 Å². The summed E-state index contributed by atoms with van der Waals surface area (Å²) in [5.41, 5.74) is 14.3. The summed E-state index contributed by atoms with van der Waals surface area (Å²) in [5, 5.41) is 7.69. The zero-order chi connectivity index (χ0) is 41.2. The van der Waals surface area contributed by atoms with Crippen LogP contribution in [-0.4, -0.2) is 4.57 Å². The third-order valence-corrected chi connectivity index (χ3v) is 15.9. The fraction of sp³-hybridized carbons (Fsp3) is 0.0169. The van der Waals surface area contributed by atoms with Crippen LogP contribution < -0.4 is 4.90 Å². The maximum atomic E-state index is 2.50. The van der Waals surface area contributed by atoms with Crippen LogP contribution in [0.5, 0.6) is 0 Å². The fourth-order valence-electron chi connectivity index (χ4n) is 11.1. The molecule has 0 bridgehead atoms. The first-order chi connectivity index (χ1) is 31.2. The number of aromatic nitrogens is 1. The van der Waals surface area contributed by atoms with Gasteiger partial charge < -0.3 is 9.47 Å². The van der Waals surface area contributed by atoms with Gasteiger partial charge in [-0.2, -0.15) is 0 Å². The van der Waals surface area contributed by atoms with Gasteiger partial charge in [-0.1, -0.05) is 145 Å². The normalized spacial score (nSPS) is 15.0. The van der Waals surface area contributed by atoms with E-state index in [1.54, 1.807) is 0 Å². The van der Waals surface area contributed by atoms with Gasteiger partial charge in [-0.25, -0.2) is 0 Å². The van der Waals surface area contributed by atoms with E-state index < -0.39 is 5.41 Å². The standard InChI is InChI=1S/C59H36N2S2/c1-2-16-38(17-3-1)60(39-28-31-53-46(34-39)43-19-5-9-25-52(43)61(53)40-29-32-55-47(35-40)44-20-6-10-26-54(44)62-55)41-30-33-57-51(36-41)59(49-23-8-11-27-56(49)63-57)48-22-7-4-18-42(48)45-21-12-14-37-15-13-24-50(59)58(37)45/h1-36H. The Bertz CT molecular complexity index is 3850. The monoisotopic (exact) mass is 836 g/mol. The van der Waals surface area contributed by atoms with Crippen LogP contribution in [0.2, 0.25) is 0 Å². The molecule has 1 aliphatic heterocycles. The van der Waals surface area contributed by atoms with Gasteiger partial charge in [0.05, 0.1) is 16.4 Å². The molecule has 63 heavy (non-hydrogen) atoms.